The van der Waals surface area contributed by atoms with Crippen LogP contribution in [0.1, 0.15) is 11.1 Å². The third-order valence-corrected chi connectivity index (χ3v) is 4.91. The highest BCUT2D eigenvalue weighted by atomic mass is 16.3. The molecule has 0 bridgehead atoms. The van der Waals surface area contributed by atoms with Crippen molar-refractivity contribution in [2.75, 3.05) is 0 Å². The Kier molecular flexibility index (Phi) is 3.01. The lowest BCUT2D eigenvalue weighted by atomic mass is 9.92. The Bertz CT molecular complexity index is 1210. The summed E-state index contributed by atoms with van der Waals surface area (Å²) in [6.45, 7) is 0. The van der Waals surface area contributed by atoms with Gasteiger partial charge in [0.05, 0.1) is 0 Å². The maximum atomic E-state index is 9.42. The molecular formula is C24H16O. The minimum atomic E-state index is 0.292. The first-order valence-electron chi connectivity index (χ1n) is 8.43. The van der Waals surface area contributed by atoms with Crippen LogP contribution in [0.15, 0.2) is 78.9 Å². The molecule has 5 aromatic carbocycles. The van der Waals surface area contributed by atoms with Crippen molar-refractivity contribution in [3.8, 4) is 5.75 Å². The summed E-state index contributed by atoms with van der Waals surface area (Å²) in [4.78, 5) is 0. The zero-order valence-electron chi connectivity index (χ0n) is 13.6. The molecule has 25 heavy (non-hydrogen) atoms. The van der Waals surface area contributed by atoms with E-state index in [4.69, 9.17) is 0 Å². The van der Waals surface area contributed by atoms with Gasteiger partial charge in [0.1, 0.15) is 5.75 Å². The molecule has 0 aliphatic heterocycles. The maximum absolute atomic E-state index is 9.42. The highest BCUT2D eigenvalue weighted by molar-refractivity contribution is 6.24. The topological polar surface area (TPSA) is 20.2 Å². The number of phenolic OH excluding ortho intramolecular Hbond substituents is 1. The van der Waals surface area contributed by atoms with E-state index in [1.165, 1.54) is 37.9 Å². The highest BCUT2D eigenvalue weighted by Gasteiger charge is 2.09. The van der Waals surface area contributed by atoms with Crippen LogP contribution in [0, 0.1) is 0 Å². The van der Waals surface area contributed by atoms with Gasteiger partial charge in [-0.1, -0.05) is 78.9 Å². The zero-order valence-corrected chi connectivity index (χ0v) is 13.6. The van der Waals surface area contributed by atoms with E-state index in [-0.39, 0.29) is 0 Å². The predicted molar refractivity (Wildman–Crippen MR) is 107 cm³/mol. The van der Waals surface area contributed by atoms with Crippen LogP contribution in [0.25, 0.3) is 44.5 Å². The fourth-order valence-corrected chi connectivity index (χ4v) is 3.67. The van der Waals surface area contributed by atoms with Gasteiger partial charge in [-0.2, -0.15) is 0 Å². The van der Waals surface area contributed by atoms with Gasteiger partial charge in [0, 0.05) is 0 Å². The number of hydrogen-bond acceptors (Lipinski definition) is 1. The molecule has 0 spiro atoms. The molecule has 0 saturated carbocycles. The van der Waals surface area contributed by atoms with E-state index in [9.17, 15) is 5.11 Å². The molecule has 0 unspecified atom stereocenters. The van der Waals surface area contributed by atoms with Crippen molar-refractivity contribution in [3.05, 3.63) is 90.0 Å². The van der Waals surface area contributed by atoms with Crippen molar-refractivity contribution in [2.24, 2.45) is 0 Å². The van der Waals surface area contributed by atoms with Crippen molar-refractivity contribution in [2.45, 2.75) is 0 Å². The van der Waals surface area contributed by atoms with E-state index in [1.54, 1.807) is 12.1 Å². The SMILES string of the molecule is Oc1ccc(/C=C/c2ccc3ccc4cccc5ccc2c3c45)cc1. The van der Waals surface area contributed by atoms with Crippen molar-refractivity contribution in [1.82, 2.24) is 0 Å². The molecule has 0 heterocycles. The third-order valence-electron chi connectivity index (χ3n) is 4.91. The number of hydrogen-bond donors (Lipinski definition) is 1. The normalized spacial score (nSPS) is 12.0. The molecule has 0 radical (unpaired) electrons. The van der Waals surface area contributed by atoms with Crippen LogP contribution in [0.3, 0.4) is 0 Å². The van der Waals surface area contributed by atoms with Crippen LogP contribution in [0.4, 0.5) is 0 Å². The summed E-state index contributed by atoms with van der Waals surface area (Å²) >= 11 is 0. The molecule has 1 N–H and O–H groups in total. The lowest BCUT2D eigenvalue weighted by molar-refractivity contribution is 0.475. The average Bonchev–Trinajstić information content (AvgIpc) is 2.66. The molecule has 1 heteroatoms. The zero-order chi connectivity index (χ0) is 16.8. The molecule has 0 atom stereocenters. The highest BCUT2D eigenvalue weighted by Crippen LogP contribution is 2.36. The van der Waals surface area contributed by atoms with Crippen LogP contribution in [-0.4, -0.2) is 5.11 Å². The molecule has 0 fully saturated rings. The maximum Gasteiger partial charge on any atom is 0.115 e. The first kappa shape index (κ1) is 14.1. The van der Waals surface area contributed by atoms with Gasteiger partial charge in [0.2, 0.25) is 0 Å². The lowest BCUT2D eigenvalue weighted by Crippen LogP contribution is -1.85. The Morgan fingerprint density at radius 2 is 1.20 bits per heavy atom. The van der Waals surface area contributed by atoms with Crippen LogP contribution in [0.2, 0.25) is 0 Å². The van der Waals surface area contributed by atoms with E-state index in [2.05, 4.69) is 66.7 Å². The van der Waals surface area contributed by atoms with Crippen molar-refractivity contribution in [1.29, 1.82) is 0 Å². The number of phenols is 1. The fraction of sp³-hybridized carbons (Fsp3) is 0. The van der Waals surface area contributed by atoms with Gasteiger partial charge >= 0.3 is 0 Å². The van der Waals surface area contributed by atoms with Crippen molar-refractivity contribution < 1.29 is 5.11 Å². The van der Waals surface area contributed by atoms with Gasteiger partial charge in [-0.05, 0) is 55.6 Å². The van der Waals surface area contributed by atoms with E-state index in [0.717, 1.165) is 5.56 Å². The largest absolute Gasteiger partial charge is 0.508 e. The van der Waals surface area contributed by atoms with Gasteiger partial charge in [-0.25, -0.2) is 0 Å². The van der Waals surface area contributed by atoms with Crippen molar-refractivity contribution in [3.63, 3.8) is 0 Å². The first-order valence-corrected chi connectivity index (χ1v) is 8.43. The number of aromatic hydroxyl groups is 1. The molecule has 0 amide bonds. The fourth-order valence-electron chi connectivity index (χ4n) is 3.67. The predicted octanol–water partition coefficient (Wildman–Crippen LogP) is 6.46. The average molecular weight is 320 g/mol. The van der Waals surface area contributed by atoms with E-state index in [1.807, 2.05) is 12.1 Å². The Hall–Kier alpha value is -3.32. The minimum absolute atomic E-state index is 0.292. The molecule has 5 rings (SSSR count). The molecule has 0 aliphatic carbocycles. The molecule has 0 saturated heterocycles. The van der Waals surface area contributed by atoms with Gasteiger partial charge in [0.15, 0.2) is 0 Å². The Morgan fingerprint density at radius 1 is 0.560 bits per heavy atom. The van der Waals surface area contributed by atoms with E-state index >= 15 is 0 Å². The second-order valence-electron chi connectivity index (χ2n) is 6.44. The summed E-state index contributed by atoms with van der Waals surface area (Å²) < 4.78 is 0. The smallest absolute Gasteiger partial charge is 0.115 e. The molecule has 5 aromatic rings. The first-order chi connectivity index (χ1) is 12.3. The third kappa shape index (κ3) is 2.25. The van der Waals surface area contributed by atoms with Crippen LogP contribution in [-0.2, 0) is 0 Å². The Labute approximate surface area is 145 Å². The standard InChI is InChI=1S/C24H16O/c25-21-13-5-16(6-14-21)4-7-17-8-9-20-11-10-18-2-1-3-19-12-15-22(17)24(20)23(18)19/h1-15,25H/b7-4+. The monoisotopic (exact) mass is 320 g/mol. The van der Waals surface area contributed by atoms with Gasteiger partial charge in [-0.15, -0.1) is 0 Å². The number of benzene rings is 5. The van der Waals surface area contributed by atoms with Crippen LogP contribution >= 0.6 is 0 Å². The van der Waals surface area contributed by atoms with Crippen molar-refractivity contribution >= 4 is 44.5 Å². The Morgan fingerprint density at radius 3 is 1.96 bits per heavy atom. The molecular weight excluding hydrogens is 304 g/mol. The summed E-state index contributed by atoms with van der Waals surface area (Å²) in [6.07, 6.45) is 4.24. The van der Waals surface area contributed by atoms with E-state index in [0.29, 0.717) is 5.75 Å². The Balaban J connectivity index is 1.74. The second-order valence-corrected chi connectivity index (χ2v) is 6.44. The van der Waals surface area contributed by atoms with Crippen LogP contribution < -0.4 is 0 Å². The minimum Gasteiger partial charge on any atom is -0.508 e. The van der Waals surface area contributed by atoms with Gasteiger partial charge in [0.25, 0.3) is 0 Å². The summed E-state index contributed by atoms with van der Waals surface area (Å²) in [6, 6.07) is 27.0. The van der Waals surface area contributed by atoms with Crippen LogP contribution in [0.5, 0.6) is 5.75 Å². The summed E-state index contributed by atoms with van der Waals surface area (Å²) in [5.74, 6) is 0.292. The molecule has 0 aromatic heterocycles. The quantitative estimate of drug-likeness (QED) is 0.292. The van der Waals surface area contributed by atoms with E-state index < -0.39 is 0 Å². The summed E-state index contributed by atoms with van der Waals surface area (Å²) in [5.41, 5.74) is 2.28. The van der Waals surface area contributed by atoms with Gasteiger partial charge < -0.3 is 5.11 Å². The molecule has 1 nitrogen and oxygen atoms in total. The summed E-state index contributed by atoms with van der Waals surface area (Å²) in [7, 11) is 0. The molecule has 118 valence electrons. The molecule has 0 aliphatic rings. The lowest BCUT2D eigenvalue weighted by Gasteiger charge is -2.12. The summed E-state index contributed by atoms with van der Waals surface area (Å²) in [5, 5.41) is 17.2. The number of rotatable bonds is 2. The second kappa shape index (κ2) is 5.35. The van der Waals surface area contributed by atoms with Gasteiger partial charge in [-0.3, -0.25) is 0 Å².